The Labute approximate surface area is 134 Å². The SMILES string of the molecule is CCCC1CN(Cc2ccc(Cl)cc2)C(CC)(CC)CN1. The molecule has 1 aromatic rings. The van der Waals surface area contributed by atoms with E-state index in [1.165, 1.54) is 31.2 Å². The fourth-order valence-electron chi connectivity index (χ4n) is 3.50. The predicted octanol–water partition coefficient (Wildman–Crippen LogP) is 4.47. The number of nitrogens with zero attached hydrogens (tertiary/aromatic N) is 1. The molecule has 1 aromatic carbocycles. The highest BCUT2D eigenvalue weighted by Crippen LogP contribution is 2.29. The molecule has 118 valence electrons. The summed E-state index contributed by atoms with van der Waals surface area (Å²) in [6.07, 6.45) is 4.91. The van der Waals surface area contributed by atoms with Crippen molar-refractivity contribution in [1.29, 1.82) is 0 Å². The Morgan fingerprint density at radius 2 is 1.86 bits per heavy atom. The van der Waals surface area contributed by atoms with Crippen LogP contribution >= 0.6 is 11.6 Å². The second-order valence-electron chi connectivity index (χ2n) is 6.30. The lowest BCUT2D eigenvalue weighted by Crippen LogP contribution is -2.63. The Morgan fingerprint density at radius 3 is 2.43 bits per heavy atom. The van der Waals surface area contributed by atoms with Gasteiger partial charge in [-0.25, -0.2) is 0 Å². The lowest BCUT2D eigenvalue weighted by Gasteiger charge is -2.50. The highest BCUT2D eigenvalue weighted by Gasteiger charge is 2.38. The van der Waals surface area contributed by atoms with Crippen molar-refractivity contribution in [2.45, 2.75) is 64.6 Å². The van der Waals surface area contributed by atoms with E-state index >= 15 is 0 Å². The molecule has 0 saturated carbocycles. The average molecular weight is 309 g/mol. The van der Waals surface area contributed by atoms with Crippen LogP contribution in [0.25, 0.3) is 0 Å². The molecule has 0 aliphatic carbocycles. The van der Waals surface area contributed by atoms with Crippen LogP contribution in [0.3, 0.4) is 0 Å². The van der Waals surface area contributed by atoms with E-state index in [0.717, 1.165) is 24.7 Å². The molecule has 0 radical (unpaired) electrons. The third-order valence-corrected chi connectivity index (χ3v) is 5.32. The second kappa shape index (κ2) is 7.62. The van der Waals surface area contributed by atoms with Crippen LogP contribution in [-0.2, 0) is 6.54 Å². The molecule has 1 aliphatic heterocycles. The largest absolute Gasteiger partial charge is 0.311 e. The van der Waals surface area contributed by atoms with Crippen molar-refractivity contribution in [3.8, 4) is 0 Å². The summed E-state index contributed by atoms with van der Waals surface area (Å²) in [5.41, 5.74) is 1.66. The summed E-state index contributed by atoms with van der Waals surface area (Å²) < 4.78 is 0. The summed E-state index contributed by atoms with van der Waals surface area (Å²) >= 11 is 6.01. The first-order chi connectivity index (χ1) is 10.1. The van der Waals surface area contributed by atoms with Gasteiger partial charge in [0.1, 0.15) is 0 Å². The minimum atomic E-state index is 0.296. The molecule has 1 atom stereocenters. The number of halogens is 1. The van der Waals surface area contributed by atoms with Crippen LogP contribution in [0, 0.1) is 0 Å². The molecule has 21 heavy (non-hydrogen) atoms. The first-order valence-electron chi connectivity index (χ1n) is 8.36. The summed E-state index contributed by atoms with van der Waals surface area (Å²) in [6.45, 7) is 10.2. The maximum absolute atomic E-state index is 6.01. The van der Waals surface area contributed by atoms with Crippen LogP contribution in [0.2, 0.25) is 5.02 Å². The first-order valence-corrected chi connectivity index (χ1v) is 8.74. The minimum absolute atomic E-state index is 0.296. The van der Waals surface area contributed by atoms with Gasteiger partial charge in [0.05, 0.1) is 0 Å². The van der Waals surface area contributed by atoms with Gasteiger partial charge >= 0.3 is 0 Å². The Kier molecular flexibility index (Phi) is 6.09. The van der Waals surface area contributed by atoms with Crippen molar-refractivity contribution in [3.63, 3.8) is 0 Å². The Balaban J connectivity index is 2.14. The van der Waals surface area contributed by atoms with Crippen LogP contribution in [-0.4, -0.2) is 29.6 Å². The molecule has 1 aliphatic rings. The number of hydrogen-bond acceptors (Lipinski definition) is 2. The van der Waals surface area contributed by atoms with Gasteiger partial charge in [-0.2, -0.15) is 0 Å². The molecule has 0 spiro atoms. The topological polar surface area (TPSA) is 15.3 Å². The molecule has 2 rings (SSSR count). The minimum Gasteiger partial charge on any atom is -0.311 e. The molecule has 3 heteroatoms. The van der Waals surface area contributed by atoms with Crippen molar-refractivity contribution >= 4 is 11.6 Å². The van der Waals surface area contributed by atoms with Gasteiger partial charge in [-0.05, 0) is 37.0 Å². The number of nitrogens with one attached hydrogen (secondary N) is 1. The van der Waals surface area contributed by atoms with Gasteiger partial charge in [0.25, 0.3) is 0 Å². The van der Waals surface area contributed by atoms with E-state index in [-0.39, 0.29) is 0 Å². The van der Waals surface area contributed by atoms with Crippen molar-refractivity contribution < 1.29 is 0 Å². The number of rotatable bonds is 6. The summed E-state index contributed by atoms with van der Waals surface area (Å²) in [6, 6.07) is 8.96. The van der Waals surface area contributed by atoms with Gasteiger partial charge in [-0.3, -0.25) is 4.90 Å². The van der Waals surface area contributed by atoms with Crippen LogP contribution in [0.15, 0.2) is 24.3 Å². The molecule has 1 N–H and O–H groups in total. The molecule has 0 bridgehead atoms. The van der Waals surface area contributed by atoms with Crippen LogP contribution in [0.1, 0.15) is 52.0 Å². The number of piperazine rings is 1. The number of hydrogen-bond donors (Lipinski definition) is 1. The molecule has 1 unspecified atom stereocenters. The van der Waals surface area contributed by atoms with Gasteiger partial charge in [-0.15, -0.1) is 0 Å². The van der Waals surface area contributed by atoms with Gasteiger partial charge in [0, 0.05) is 36.2 Å². The lowest BCUT2D eigenvalue weighted by molar-refractivity contribution is 0.0228. The van der Waals surface area contributed by atoms with E-state index in [1.807, 2.05) is 12.1 Å². The van der Waals surface area contributed by atoms with Crippen molar-refractivity contribution in [3.05, 3.63) is 34.9 Å². The second-order valence-corrected chi connectivity index (χ2v) is 6.74. The third kappa shape index (κ3) is 4.00. The Hall–Kier alpha value is -0.570. The van der Waals surface area contributed by atoms with Crippen molar-refractivity contribution in [2.24, 2.45) is 0 Å². The lowest BCUT2D eigenvalue weighted by atomic mass is 9.86. The Bertz CT molecular complexity index is 425. The summed E-state index contributed by atoms with van der Waals surface area (Å²) in [4.78, 5) is 2.70. The molecular formula is C18H29ClN2. The Morgan fingerprint density at radius 1 is 1.19 bits per heavy atom. The normalized spacial score (nSPS) is 22.4. The highest BCUT2D eigenvalue weighted by molar-refractivity contribution is 6.30. The standard InChI is InChI=1S/C18H29ClN2/c1-4-7-17-13-21(18(5-2,6-3)14-20-17)12-15-8-10-16(19)11-9-15/h8-11,17,20H,4-7,12-14H2,1-3H3. The van der Waals surface area contributed by atoms with Crippen molar-refractivity contribution in [2.75, 3.05) is 13.1 Å². The van der Waals surface area contributed by atoms with Gasteiger partial charge in [-0.1, -0.05) is 50.9 Å². The van der Waals surface area contributed by atoms with Gasteiger partial charge in [0.15, 0.2) is 0 Å². The smallest absolute Gasteiger partial charge is 0.0406 e. The van der Waals surface area contributed by atoms with Crippen LogP contribution < -0.4 is 5.32 Å². The maximum atomic E-state index is 6.01. The zero-order valence-electron chi connectivity index (χ0n) is 13.7. The zero-order chi connectivity index (χ0) is 15.3. The highest BCUT2D eigenvalue weighted by atomic mass is 35.5. The van der Waals surface area contributed by atoms with Crippen molar-refractivity contribution in [1.82, 2.24) is 10.2 Å². The average Bonchev–Trinajstić information content (AvgIpc) is 2.51. The van der Waals surface area contributed by atoms with E-state index in [0.29, 0.717) is 11.6 Å². The van der Waals surface area contributed by atoms with Gasteiger partial charge < -0.3 is 5.32 Å². The van der Waals surface area contributed by atoms with E-state index in [2.05, 4.69) is 43.1 Å². The van der Waals surface area contributed by atoms with Crippen LogP contribution in [0.5, 0.6) is 0 Å². The molecule has 1 saturated heterocycles. The summed E-state index contributed by atoms with van der Waals surface area (Å²) in [5, 5.41) is 4.59. The summed E-state index contributed by atoms with van der Waals surface area (Å²) in [5.74, 6) is 0. The molecule has 1 fully saturated rings. The van der Waals surface area contributed by atoms with E-state index in [9.17, 15) is 0 Å². The molecule has 0 aromatic heterocycles. The molecule has 2 nitrogen and oxygen atoms in total. The van der Waals surface area contributed by atoms with Crippen LogP contribution in [0.4, 0.5) is 0 Å². The number of benzene rings is 1. The third-order valence-electron chi connectivity index (χ3n) is 5.07. The van der Waals surface area contributed by atoms with E-state index in [4.69, 9.17) is 11.6 Å². The monoisotopic (exact) mass is 308 g/mol. The first kappa shape index (κ1) is 16.8. The van der Waals surface area contributed by atoms with E-state index in [1.54, 1.807) is 0 Å². The zero-order valence-corrected chi connectivity index (χ0v) is 14.4. The molecular weight excluding hydrogens is 280 g/mol. The fourth-order valence-corrected chi connectivity index (χ4v) is 3.63. The summed E-state index contributed by atoms with van der Waals surface area (Å²) in [7, 11) is 0. The maximum Gasteiger partial charge on any atom is 0.0406 e. The molecule has 0 amide bonds. The van der Waals surface area contributed by atoms with E-state index < -0.39 is 0 Å². The predicted molar refractivity (Wildman–Crippen MR) is 91.9 cm³/mol. The molecule has 1 heterocycles. The van der Waals surface area contributed by atoms with Gasteiger partial charge in [0.2, 0.25) is 0 Å². The quantitative estimate of drug-likeness (QED) is 0.834. The fraction of sp³-hybridized carbons (Fsp3) is 0.667.